The van der Waals surface area contributed by atoms with E-state index in [4.69, 9.17) is 25.8 Å². The van der Waals surface area contributed by atoms with Crippen LogP contribution in [-0.2, 0) is 11.3 Å². The topological polar surface area (TPSA) is 56.8 Å². The Morgan fingerprint density at radius 1 is 0.972 bits per heavy atom. The Balaban J connectivity index is 1.40. The summed E-state index contributed by atoms with van der Waals surface area (Å²) in [5, 5.41) is 4.44. The summed E-state index contributed by atoms with van der Waals surface area (Å²) < 4.78 is 17.3. The van der Waals surface area contributed by atoms with Crippen molar-refractivity contribution in [3.05, 3.63) is 100 Å². The van der Waals surface area contributed by atoms with Crippen LogP contribution in [0.2, 0.25) is 5.02 Å². The minimum absolute atomic E-state index is 0.107. The summed E-state index contributed by atoms with van der Waals surface area (Å²) in [6, 6.07) is 19.7. The molecule has 0 amide bonds. The lowest BCUT2D eigenvalue weighted by Crippen LogP contribution is -2.29. The zero-order valence-electron chi connectivity index (χ0n) is 20.5. The van der Waals surface area contributed by atoms with Gasteiger partial charge < -0.3 is 19.5 Å². The van der Waals surface area contributed by atoms with Crippen LogP contribution in [0.3, 0.4) is 0 Å². The van der Waals surface area contributed by atoms with Crippen molar-refractivity contribution in [2.75, 3.05) is 18.5 Å². The number of hydrogen-bond acceptors (Lipinski definition) is 5. The van der Waals surface area contributed by atoms with E-state index in [0.717, 1.165) is 34.5 Å². The summed E-state index contributed by atoms with van der Waals surface area (Å²) >= 11 is 6.00. The van der Waals surface area contributed by atoms with Gasteiger partial charge in [0.1, 0.15) is 6.61 Å². The van der Waals surface area contributed by atoms with Crippen molar-refractivity contribution in [3.63, 3.8) is 0 Å². The highest BCUT2D eigenvalue weighted by Crippen LogP contribution is 2.50. The van der Waals surface area contributed by atoms with E-state index in [9.17, 15) is 4.79 Å². The van der Waals surface area contributed by atoms with Crippen molar-refractivity contribution < 1.29 is 19.0 Å². The van der Waals surface area contributed by atoms with Gasteiger partial charge in [0.25, 0.3) is 0 Å². The van der Waals surface area contributed by atoms with Crippen LogP contribution in [0.5, 0.6) is 11.5 Å². The zero-order chi connectivity index (χ0) is 25.1. The van der Waals surface area contributed by atoms with Crippen LogP contribution in [-0.4, -0.2) is 19.2 Å². The van der Waals surface area contributed by atoms with Crippen LogP contribution >= 0.6 is 11.6 Å². The molecule has 0 saturated heterocycles. The molecule has 1 aliphatic carbocycles. The second-order valence-electron chi connectivity index (χ2n) is 9.05. The van der Waals surface area contributed by atoms with Crippen LogP contribution in [0, 0.1) is 5.92 Å². The molecule has 2 aliphatic rings. The third-order valence-corrected chi connectivity index (χ3v) is 7.06. The van der Waals surface area contributed by atoms with Gasteiger partial charge in [-0.25, -0.2) is 4.79 Å². The third kappa shape index (κ3) is 4.93. The van der Waals surface area contributed by atoms with Crippen LogP contribution < -0.4 is 14.8 Å². The molecule has 186 valence electrons. The SMILES string of the molecule is CCOC(=O)c1ccc2c(c1)[C@@H]1C=CC[C@@H]1[C@H](c1ccc(OCc3ccc(Cl)cc3)c(OCC)c1)N2. The zero-order valence-corrected chi connectivity index (χ0v) is 21.3. The molecule has 36 heavy (non-hydrogen) atoms. The monoisotopic (exact) mass is 503 g/mol. The van der Waals surface area contributed by atoms with Gasteiger partial charge in [-0.2, -0.15) is 0 Å². The molecule has 1 heterocycles. The lowest BCUT2D eigenvalue weighted by atomic mass is 9.76. The third-order valence-electron chi connectivity index (χ3n) is 6.81. The molecule has 6 heteroatoms. The fourth-order valence-electron chi connectivity index (χ4n) is 5.11. The minimum atomic E-state index is -0.281. The second kappa shape index (κ2) is 10.7. The van der Waals surface area contributed by atoms with Crippen molar-refractivity contribution in [1.82, 2.24) is 0 Å². The highest BCUT2D eigenvalue weighted by molar-refractivity contribution is 6.30. The lowest BCUT2D eigenvalue weighted by Gasteiger charge is -2.38. The van der Waals surface area contributed by atoms with Crippen molar-refractivity contribution in [1.29, 1.82) is 0 Å². The summed E-state index contributed by atoms with van der Waals surface area (Å²) in [6.45, 7) is 5.14. The number of allylic oxidation sites excluding steroid dienone is 2. The predicted molar refractivity (Wildman–Crippen MR) is 142 cm³/mol. The Bertz CT molecular complexity index is 1270. The number of carbonyl (C=O) groups is 1. The lowest BCUT2D eigenvalue weighted by molar-refractivity contribution is 0.0526. The normalized spacial score (nSPS) is 19.7. The summed E-state index contributed by atoms with van der Waals surface area (Å²) in [6.07, 6.45) is 5.47. The van der Waals surface area contributed by atoms with Crippen molar-refractivity contribution in [2.24, 2.45) is 5.92 Å². The smallest absolute Gasteiger partial charge is 0.338 e. The molecular formula is C30H30ClNO4. The van der Waals surface area contributed by atoms with E-state index >= 15 is 0 Å². The Morgan fingerprint density at radius 3 is 2.58 bits per heavy atom. The van der Waals surface area contributed by atoms with E-state index in [-0.39, 0.29) is 17.9 Å². The fraction of sp³-hybridized carbons (Fsp3) is 0.300. The maximum Gasteiger partial charge on any atom is 0.338 e. The number of anilines is 1. The number of hydrogen-bond donors (Lipinski definition) is 1. The number of carbonyl (C=O) groups excluding carboxylic acids is 1. The van der Waals surface area contributed by atoms with Gasteiger partial charge in [0, 0.05) is 16.6 Å². The number of fused-ring (bicyclic) bond motifs is 3. The summed E-state index contributed by atoms with van der Waals surface area (Å²) in [4.78, 5) is 12.3. The van der Waals surface area contributed by atoms with Gasteiger partial charge in [-0.3, -0.25) is 0 Å². The average molecular weight is 504 g/mol. The van der Waals surface area contributed by atoms with Gasteiger partial charge in [-0.15, -0.1) is 0 Å². The van der Waals surface area contributed by atoms with E-state index in [0.29, 0.717) is 42.1 Å². The van der Waals surface area contributed by atoms with Gasteiger partial charge in [-0.1, -0.05) is 42.0 Å². The largest absolute Gasteiger partial charge is 0.490 e. The number of rotatable bonds is 8. The number of benzene rings is 3. The van der Waals surface area contributed by atoms with E-state index < -0.39 is 0 Å². The van der Waals surface area contributed by atoms with E-state index in [1.807, 2.05) is 62.4 Å². The molecule has 0 unspecified atom stereocenters. The quantitative estimate of drug-likeness (QED) is 0.258. The fourth-order valence-corrected chi connectivity index (χ4v) is 5.24. The average Bonchev–Trinajstić information content (AvgIpc) is 3.39. The molecule has 3 aromatic rings. The molecular weight excluding hydrogens is 474 g/mol. The molecule has 0 radical (unpaired) electrons. The minimum Gasteiger partial charge on any atom is -0.490 e. The Labute approximate surface area is 217 Å². The molecule has 1 N–H and O–H groups in total. The van der Waals surface area contributed by atoms with Gasteiger partial charge >= 0.3 is 5.97 Å². The maximum atomic E-state index is 12.3. The van der Waals surface area contributed by atoms with Crippen LogP contribution in [0.4, 0.5) is 5.69 Å². The first-order valence-electron chi connectivity index (χ1n) is 12.5. The molecule has 5 rings (SSSR count). The van der Waals surface area contributed by atoms with Crippen molar-refractivity contribution in [3.8, 4) is 11.5 Å². The van der Waals surface area contributed by atoms with Gasteiger partial charge in [0.15, 0.2) is 11.5 Å². The maximum absolute atomic E-state index is 12.3. The highest BCUT2D eigenvalue weighted by Gasteiger charge is 2.38. The predicted octanol–water partition coefficient (Wildman–Crippen LogP) is 7.32. The first-order chi connectivity index (χ1) is 17.6. The second-order valence-corrected chi connectivity index (χ2v) is 9.49. The molecule has 0 spiro atoms. The Kier molecular flexibility index (Phi) is 7.19. The molecule has 0 aromatic heterocycles. The number of esters is 1. The van der Waals surface area contributed by atoms with Gasteiger partial charge in [0.05, 0.1) is 24.8 Å². The molecule has 3 aromatic carbocycles. The molecule has 0 bridgehead atoms. The molecule has 1 aliphatic heterocycles. The molecule has 5 nitrogen and oxygen atoms in total. The van der Waals surface area contributed by atoms with Crippen LogP contribution in [0.15, 0.2) is 72.8 Å². The van der Waals surface area contributed by atoms with Crippen molar-refractivity contribution in [2.45, 2.75) is 38.8 Å². The van der Waals surface area contributed by atoms with Crippen LogP contribution in [0.25, 0.3) is 0 Å². The number of ether oxygens (including phenoxy) is 3. The highest BCUT2D eigenvalue weighted by atomic mass is 35.5. The van der Waals surface area contributed by atoms with E-state index in [2.05, 4.69) is 29.6 Å². The van der Waals surface area contributed by atoms with E-state index in [1.54, 1.807) is 0 Å². The van der Waals surface area contributed by atoms with Gasteiger partial charge in [0.2, 0.25) is 0 Å². The first kappa shape index (κ1) is 24.3. The van der Waals surface area contributed by atoms with Gasteiger partial charge in [-0.05, 0) is 85.3 Å². The summed E-state index contributed by atoms with van der Waals surface area (Å²) in [5.41, 5.74) is 4.97. The molecule has 3 atom stereocenters. The number of halogens is 1. The van der Waals surface area contributed by atoms with E-state index in [1.165, 1.54) is 0 Å². The number of nitrogens with one attached hydrogen (secondary N) is 1. The summed E-state index contributed by atoms with van der Waals surface area (Å²) in [5.74, 6) is 1.74. The molecule has 0 saturated carbocycles. The standard InChI is InChI=1S/C30H30ClNO4/c1-3-34-28-17-20(11-15-27(28)36-18-19-8-12-22(31)13-9-19)29-24-7-5-6-23(24)25-16-21(30(33)35-4-2)10-14-26(25)32-29/h5-6,8-17,23-24,29,32H,3-4,7,18H2,1-2H3/t23-,24+,29+/m1/s1. The van der Waals surface area contributed by atoms with Crippen molar-refractivity contribution >= 4 is 23.3 Å². The Morgan fingerprint density at radius 2 is 1.81 bits per heavy atom. The summed E-state index contributed by atoms with van der Waals surface area (Å²) in [7, 11) is 0. The van der Waals surface area contributed by atoms with Crippen LogP contribution in [0.1, 0.15) is 59.3 Å². The molecule has 0 fully saturated rings. The first-order valence-corrected chi connectivity index (χ1v) is 12.8. The Hall–Kier alpha value is -3.44.